The van der Waals surface area contributed by atoms with E-state index in [1.54, 1.807) is 0 Å². The molecule has 0 unspecified atom stereocenters. The zero-order chi connectivity index (χ0) is 30.7. The lowest BCUT2D eigenvalue weighted by Crippen LogP contribution is -2.49. The molecule has 2 atom stereocenters. The van der Waals surface area contributed by atoms with E-state index >= 15 is 0 Å². The van der Waals surface area contributed by atoms with Crippen LogP contribution in [-0.2, 0) is 20.8 Å². The van der Waals surface area contributed by atoms with Gasteiger partial charge in [-0.05, 0) is 77.0 Å². The second-order valence-corrected chi connectivity index (χ2v) is 14.3. The fourth-order valence-electron chi connectivity index (χ4n) is 6.06. The van der Waals surface area contributed by atoms with Crippen LogP contribution in [-0.4, -0.2) is 79.7 Å². The first kappa shape index (κ1) is 32.4. The van der Waals surface area contributed by atoms with Crippen molar-refractivity contribution in [2.75, 3.05) is 31.1 Å². The van der Waals surface area contributed by atoms with Crippen molar-refractivity contribution < 1.29 is 36.2 Å². The summed E-state index contributed by atoms with van der Waals surface area (Å²) >= 11 is 0. The van der Waals surface area contributed by atoms with Gasteiger partial charge in [0.15, 0.2) is 9.84 Å². The number of amides is 1. The number of anilines is 1. The van der Waals surface area contributed by atoms with Crippen molar-refractivity contribution in [1.29, 1.82) is 5.26 Å². The molecule has 3 saturated carbocycles. The number of ether oxygens (including phenoxy) is 1. The number of benzene rings is 1. The summed E-state index contributed by atoms with van der Waals surface area (Å²) in [6.07, 6.45) is 0.829. The van der Waals surface area contributed by atoms with E-state index in [0.29, 0.717) is 50.5 Å². The molecule has 9 nitrogen and oxygen atoms in total. The number of piperazine rings is 1. The predicted octanol–water partition coefficient (Wildman–Crippen LogP) is 5.20. The highest BCUT2D eigenvalue weighted by atomic mass is 32.2. The number of nitrogens with one attached hydrogen (secondary N) is 1. The molecule has 2 N–H and O–H groups in total. The number of hydrogen-bond donors (Lipinski definition) is 2. The highest BCUT2D eigenvalue weighted by Gasteiger charge is 2.45. The molecule has 42 heavy (non-hydrogen) atoms. The maximum atomic E-state index is 14.0. The summed E-state index contributed by atoms with van der Waals surface area (Å²) in [4.78, 5) is 13.6. The van der Waals surface area contributed by atoms with Crippen LogP contribution in [0.5, 0.6) is 0 Å². The van der Waals surface area contributed by atoms with Crippen LogP contribution in [0, 0.1) is 11.3 Å². The standard InChI is InChI=1S/C24H35F3N2O3S.C5H6N2O2/c1-17(2)28-11-13-29(14-12-28)18-7-10-23(22(15-18)24(25,26)27)33(30,31)21-9-8-20(16-21)32-19-5-3-4-6-19;6-3-5(1-2-5)7-4(8)9/h7,10,15,17,19-21H,3-6,8-9,11-14,16H2,1-2H3;7H,1-2H2,(H,8,9)/t20-,21-;/m0./s1. The van der Waals surface area contributed by atoms with Crippen LogP contribution >= 0.6 is 0 Å². The predicted molar refractivity (Wildman–Crippen MR) is 151 cm³/mol. The van der Waals surface area contributed by atoms with E-state index in [2.05, 4.69) is 24.1 Å². The minimum atomic E-state index is -4.74. The first-order valence-corrected chi connectivity index (χ1v) is 16.3. The Kier molecular flexibility index (Phi) is 10.00. The second-order valence-electron chi connectivity index (χ2n) is 12.1. The molecule has 1 aromatic carbocycles. The third kappa shape index (κ3) is 7.88. The molecule has 4 aliphatic rings. The van der Waals surface area contributed by atoms with Gasteiger partial charge in [0.1, 0.15) is 5.54 Å². The van der Waals surface area contributed by atoms with Gasteiger partial charge in [0.25, 0.3) is 0 Å². The van der Waals surface area contributed by atoms with Crippen LogP contribution in [0.15, 0.2) is 23.1 Å². The van der Waals surface area contributed by atoms with Gasteiger partial charge >= 0.3 is 12.3 Å². The Bertz CT molecular complexity index is 1250. The Morgan fingerprint density at radius 3 is 2.24 bits per heavy atom. The highest BCUT2D eigenvalue weighted by Crippen LogP contribution is 2.41. The van der Waals surface area contributed by atoms with Crippen LogP contribution in [0.1, 0.15) is 77.2 Å². The molecule has 1 amide bonds. The molecule has 1 aliphatic heterocycles. The average molecular weight is 615 g/mol. The first-order valence-electron chi connectivity index (χ1n) is 14.8. The molecule has 0 radical (unpaired) electrons. The Morgan fingerprint density at radius 2 is 1.74 bits per heavy atom. The Labute approximate surface area is 245 Å². The van der Waals surface area contributed by atoms with Gasteiger partial charge < -0.3 is 20.1 Å². The molecule has 1 heterocycles. The molecule has 3 aliphatic carbocycles. The number of alkyl halides is 3. The minimum Gasteiger partial charge on any atom is -0.465 e. The summed E-state index contributed by atoms with van der Waals surface area (Å²) in [6, 6.07) is 6.02. The average Bonchev–Trinajstić information content (AvgIpc) is 3.28. The Morgan fingerprint density at radius 1 is 1.10 bits per heavy atom. The van der Waals surface area contributed by atoms with Crippen molar-refractivity contribution in [2.24, 2.45) is 0 Å². The summed E-state index contributed by atoms with van der Waals surface area (Å²) < 4.78 is 74.7. The third-order valence-corrected chi connectivity index (χ3v) is 11.0. The SMILES string of the molecule is CC(C)N1CCN(c2ccc(S(=O)(=O)[C@H]3CC[C@H](OC4CCCC4)C3)c(C(F)(F)F)c2)CC1.N#CC1(NC(=O)O)CC1. The van der Waals surface area contributed by atoms with Gasteiger partial charge in [-0.3, -0.25) is 4.90 Å². The Balaban J connectivity index is 0.000000385. The summed E-state index contributed by atoms with van der Waals surface area (Å²) in [5, 5.41) is 17.8. The van der Waals surface area contributed by atoms with Gasteiger partial charge in [-0.15, -0.1) is 0 Å². The lowest BCUT2D eigenvalue weighted by molar-refractivity contribution is -0.139. The van der Waals surface area contributed by atoms with Crippen molar-refractivity contribution >= 4 is 21.6 Å². The number of sulfone groups is 1. The lowest BCUT2D eigenvalue weighted by atomic mass is 10.1. The summed E-state index contributed by atoms with van der Waals surface area (Å²) in [7, 11) is -4.11. The molecule has 5 rings (SSSR count). The van der Waals surface area contributed by atoms with Gasteiger partial charge in [-0.2, -0.15) is 18.4 Å². The highest BCUT2D eigenvalue weighted by molar-refractivity contribution is 7.92. The molecular formula is C29H41F3N4O5S. The van der Waals surface area contributed by atoms with Gasteiger partial charge in [-0.25, -0.2) is 13.2 Å². The largest absolute Gasteiger partial charge is 0.465 e. The maximum Gasteiger partial charge on any atom is 0.417 e. The van der Waals surface area contributed by atoms with Crippen molar-refractivity contribution in [3.05, 3.63) is 23.8 Å². The van der Waals surface area contributed by atoms with Crippen LogP contribution in [0.2, 0.25) is 0 Å². The van der Waals surface area contributed by atoms with Crippen LogP contribution in [0.25, 0.3) is 0 Å². The topological polar surface area (TPSA) is 123 Å². The lowest BCUT2D eigenvalue weighted by Gasteiger charge is -2.38. The summed E-state index contributed by atoms with van der Waals surface area (Å²) in [5.41, 5.74) is -1.35. The fraction of sp³-hybridized carbons (Fsp3) is 0.724. The van der Waals surface area contributed by atoms with E-state index in [9.17, 15) is 26.4 Å². The minimum absolute atomic E-state index is 0.164. The number of hydrogen-bond acceptors (Lipinski definition) is 7. The van der Waals surface area contributed by atoms with Gasteiger partial charge in [-0.1, -0.05) is 12.8 Å². The third-order valence-electron chi connectivity index (χ3n) is 8.76. The number of nitriles is 1. The number of carbonyl (C=O) groups is 1. The Hall–Kier alpha value is -2.56. The molecule has 1 aromatic rings. The molecule has 234 valence electrons. The van der Waals surface area contributed by atoms with Crippen molar-refractivity contribution in [1.82, 2.24) is 10.2 Å². The molecule has 13 heteroatoms. The van der Waals surface area contributed by atoms with Gasteiger partial charge in [0.05, 0.1) is 34.0 Å². The molecule has 0 bridgehead atoms. The first-order chi connectivity index (χ1) is 19.7. The molecular weight excluding hydrogens is 573 g/mol. The van der Waals surface area contributed by atoms with E-state index in [1.165, 1.54) is 12.1 Å². The fourth-order valence-corrected chi connectivity index (χ4v) is 8.07. The van der Waals surface area contributed by atoms with E-state index in [-0.39, 0.29) is 18.6 Å². The number of nitrogens with zero attached hydrogens (tertiary/aromatic N) is 3. The number of rotatable bonds is 7. The van der Waals surface area contributed by atoms with Crippen LogP contribution in [0.3, 0.4) is 0 Å². The van der Waals surface area contributed by atoms with Crippen molar-refractivity contribution in [3.63, 3.8) is 0 Å². The van der Waals surface area contributed by atoms with E-state index in [1.807, 2.05) is 11.0 Å². The smallest absolute Gasteiger partial charge is 0.417 e. The van der Waals surface area contributed by atoms with E-state index in [4.69, 9.17) is 15.1 Å². The molecule has 0 aromatic heterocycles. The van der Waals surface area contributed by atoms with E-state index < -0.39 is 43.4 Å². The second kappa shape index (κ2) is 13.0. The zero-order valence-corrected chi connectivity index (χ0v) is 25.0. The molecule has 1 saturated heterocycles. The number of halogens is 3. The van der Waals surface area contributed by atoms with Crippen LogP contribution in [0.4, 0.5) is 23.7 Å². The van der Waals surface area contributed by atoms with Gasteiger partial charge in [0, 0.05) is 37.9 Å². The van der Waals surface area contributed by atoms with E-state index in [0.717, 1.165) is 44.8 Å². The summed E-state index contributed by atoms with van der Waals surface area (Å²) in [5.74, 6) is 0. The zero-order valence-electron chi connectivity index (χ0n) is 24.2. The van der Waals surface area contributed by atoms with Crippen molar-refractivity contribution in [3.8, 4) is 6.07 Å². The monoisotopic (exact) mass is 614 g/mol. The maximum absolute atomic E-state index is 14.0. The quantitative estimate of drug-likeness (QED) is 0.430. The van der Waals surface area contributed by atoms with Crippen molar-refractivity contribution in [2.45, 2.75) is 112 Å². The summed E-state index contributed by atoms with van der Waals surface area (Å²) in [6.45, 7) is 6.97. The van der Waals surface area contributed by atoms with Crippen LogP contribution < -0.4 is 10.2 Å². The number of carboxylic acid groups (broad SMARTS) is 1. The normalized spacial score (nSPS) is 24.6. The molecule has 0 spiro atoms. The molecule has 4 fully saturated rings. The van der Waals surface area contributed by atoms with Gasteiger partial charge in [0.2, 0.25) is 0 Å².